The van der Waals surface area contributed by atoms with Crippen LogP contribution in [0.2, 0.25) is 0 Å². The fourth-order valence-electron chi connectivity index (χ4n) is 4.46. The first-order chi connectivity index (χ1) is 14.1. The third kappa shape index (κ3) is 5.13. The molecule has 164 valence electrons. The van der Waals surface area contributed by atoms with Gasteiger partial charge in [-0.15, -0.1) is 12.4 Å². The van der Waals surface area contributed by atoms with Crippen molar-refractivity contribution in [3.63, 3.8) is 0 Å². The highest BCUT2D eigenvalue weighted by Crippen LogP contribution is 2.32. The number of nitrogens with zero attached hydrogens (tertiary/aromatic N) is 2. The average Bonchev–Trinajstić information content (AvgIpc) is 3.04. The number of rotatable bonds is 7. The molecule has 0 spiro atoms. The van der Waals surface area contributed by atoms with Crippen molar-refractivity contribution in [1.82, 2.24) is 20.4 Å². The molecule has 4 rings (SSSR count). The van der Waals surface area contributed by atoms with Gasteiger partial charge in [0.1, 0.15) is 5.75 Å². The van der Waals surface area contributed by atoms with Crippen LogP contribution in [0.1, 0.15) is 56.6 Å². The summed E-state index contributed by atoms with van der Waals surface area (Å²) in [4.78, 5) is 23.7. The third-order valence-electron chi connectivity index (χ3n) is 6.15. The molecule has 2 aliphatic heterocycles. The summed E-state index contributed by atoms with van der Waals surface area (Å²) in [5, 5.41) is 11.4. The van der Waals surface area contributed by atoms with Crippen molar-refractivity contribution in [2.24, 2.45) is 13.0 Å². The molecule has 2 N–H and O–H groups in total. The second-order valence-corrected chi connectivity index (χ2v) is 8.23. The Labute approximate surface area is 183 Å². The lowest BCUT2D eigenvalue weighted by atomic mass is 9.92. The lowest BCUT2D eigenvalue weighted by Crippen LogP contribution is -2.39. The Hall–Kier alpha value is -2.12. The van der Waals surface area contributed by atoms with Gasteiger partial charge in [-0.05, 0) is 63.2 Å². The number of amides is 2. The molecule has 2 aliphatic rings. The summed E-state index contributed by atoms with van der Waals surface area (Å²) in [5.74, 6) is 0.862. The van der Waals surface area contributed by atoms with Crippen LogP contribution in [0.4, 0.5) is 0 Å². The topological polar surface area (TPSA) is 85.2 Å². The Morgan fingerprint density at radius 3 is 2.73 bits per heavy atom. The van der Waals surface area contributed by atoms with Crippen molar-refractivity contribution >= 4 is 35.1 Å². The minimum absolute atomic E-state index is 0. The predicted octanol–water partition coefficient (Wildman–Crippen LogP) is 3.06. The van der Waals surface area contributed by atoms with Gasteiger partial charge in [0.15, 0.2) is 0 Å². The van der Waals surface area contributed by atoms with E-state index in [9.17, 15) is 9.59 Å². The van der Waals surface area contributed by atoms with Crippen molar-refractivity contribution < 1.29 is 14.3 Å². The molecule has 1 aromatic carbocycles. The molecule has 3 heterocycles. The van der Waals surface area contributed by atoms with Crippen LogP contribution in [-0.4, -0.2) is 41.3 Å². The zero-order valence-corrected chi connectivity index (χ0v) is 18.3. The maximum Gasteiger partial charge on any atom is 0.235 e. The number of aromatic nitrogens is 2. The Morgan fingerprint density at radius 2 is 1.97 bits per heavy atom. The van der Waals surface area contributed by atoms with Crippen LogP contribution in [0, 0.1) is 5.92 Å². The van der Waals surface area contributed by atoms with Gasteiger partial charge in [-0.3, -0.25) is 19.6 Å². The largest absolute Gasteiger partial charge is 0.494 e. The molecule has 7 nitrogen and oxygen atoms in total. The van der Waals surface area contributed by atoms with Crippen LogP contribution in [-0.2, 0) is 16.6 Å². The molecule has 0 bridgehead atoms. The van der Waals surface area contributed by atoms with Crippen LogP contribution in [0.3, 0.4) is 0 Å². The third-order valence-corrected chi connectivity index (χ3v) is 6.15. The Morgan fingerprint density at radius 1 is 1.17 bits per heavy atom. The van der Waals surface area contributed by atoms with Crippen molar-refractivity contribution in [3.05, 3.63) is 23.9 Å². The first-order valence-corrected chi connectivity index (χ1v) is 10.8. The summed E-state index contributed by atoms with van der Waals surface area (Å²) in [6, 6.07) is 5.92. The number of hydrogen-bond donors (Lipinski definition) is 2. The quantitative estimate of drug-likeness (QED) is 0.516. The van der Waals surface area contributed by atoms with Crippen LogP contribution in [0.15, 0.2) is 18.2 Å². The highest BCUT2D eigenvalue weighted by molar-refractivity contribution is 6.02. The second kappa shape index (κ2) is 10.3. The van der Waals surface area contributed by atoms with E-state index in [1.165, 1.54) is 25.7 Å². The number of fused-ring (bicyclic) bond motifs is 1. The number of nitrogens with one attached hydrogen (secondary N) is 2. The van der Waals surface area contributed by atoms with Crippen LogP contribution < -0.4 is 15.4 Å². The lowest BCUT2D eigenvalue weighted by Gasteiger charge is -2.22. The molecular weight excluding hydrogens is 404 g/mol. The van der Waals surface area contributed by atoms with E-state index in [0.717, 1.165) is 47.8 Å². The summed E-state index contributed by atoms with van der Waals surface area (Å²) in [6.45, 7) is 3.04. The molecule has 2 fully saturated rings. The predicted molar refractivity (Wildman–Crippen MR) is 118 cm³/mol. The minimum atomic E-state index is -0.377. The van der Waals surface area contributed by atoms with Crippen LogP contribution >= 0.6 is 12.4 Å². The van der Waals surface area contributed by atoms with Gasteiger partial charge in [-0.25, -0.2) is 0 Å². The van der Waals surface area contributed by atoms with Gasteiger partial charge in [0.2, 0.25) is 11.8 Å². The van der Waals surface area contributed by atoms with E-state index in [4.69, 9.17) is 4.74 Å². The molecule has 30 heavy (non-hydrogen) atoms. The molecule has 2 aromatic rings. The molecule has 0 saturated carbocycles. The number of aryl methyl sites for hydroxylation is 1. The summed E-state index contributed by atoms with van der Waals surface area (Å²) in [6.07, 6.45) is 7.02. The number of unbranched alkanes of at least 4 members (excludes halogenated alkanes) is 1. The van der Waals surface area contributed by atoms with Gasteiger partial charge < -0.3 is 10.1 Å². The SMILES string of the molecule is Cl.Cn1nc(C2CCC(=O)NC2=O)c2ccc(OCCCCC3CCNCC3)cc21. The van der Waals surface area contributed by atoms with Crippen molar-refractivity contribution in [2.75, 3.05) is 19.7 Å². The molecule has 2 saturated heterocycles. The number of hydrogen-bond acceptors (Lipinski definition) is 5. The van der Waals surface area contributed by atoms with Crippen LogP contribution in [0.25, 0.3) is 10.9 Å². The molecule has 1 aromatic heterocycles. The highest BCUT2D eigenvalue weighted by Gasteiger charge is 2.31. The van der Waals surface area contributed by atoms with Crippen molar-refractivity contribution in [3.8, 4) is 5.75 Å². The Balaban J connectivity index is 0.00000256. The molecule has 2 amide bonds. The fourth-order valence-corrected chi connectivity index (χ4v) is 4.46. The number of imide groups is 1. The summed E-state index contributed by atoms with van der Waals surface area (Å²) in [7, 11) is 1.88. The Bertz CT molecular complexity index is 892. The smallest absolute Gasteiger partial charge is 0.235 e. The zero-order chi connectivity index (χ0) is 20.2. The van der Waals surface area contributed by atoms with E-state index in [2.05, 4.69) is 15.7 Å². The number of halogens is 1. The van der Waals surface area contributed by atoms with Gasteiger partial charge in [0.25, 0.3) is 0 Å². The summed E-state index contributed by atoms with van der Waals surface area (Å²) < 4.78 is 7.76. The Kier molecular flexibility index (Phi) is 7.72. The minimum Gasteiger partial charge on any atom is -0.494 e. The maximum absolute atomic E-state index is 12.2. The summed E-state index contributed by atoms with van der Waals surface area (Å²) >= 11 is 0. The summed E-state index contributed by atoms with van der Waals surface area (Å²) in [5.41, 5.74) is 1.68. The number of benzene rings is 1. The van der Waals surface area contributed by atoms with E-state index in [-0.39, 0.29) is 30.1 Å². The van der Waals surface area contributed by atoms with Gasteiger partial charge >= 0.3 is 0 Å². The molecule has 0 radical (unpaired) electrons. The van der Waals surface area contributed by atoms with Crippen LogP contribution in [0.5, 0.6) is 5.75 Å². The van der Waals surface area contributed by atoms with Gasteiger partial charge in [-0.2, -0.15) is 5.10 Å². The first-order valence-electron chi connectivity index (χ1n) is 10.8. The fraction of sp³-hybridized carbons (Fsp3) is 0.591. The lowest BCUT2D eigenvalue weighted by molar-refractivity contribution is -0.134. The zero-order valence-electron chi connectivity index (χ0n) is 17.5. The maximum atomic E-state index is 12.2. The molecule has 8 heteroatoms. The van der Waals surface area contributed by atoms with Gasteiger partial charge in [-0.1, -0.05) is 6.42 Å². The van der Waals surface area contributed by atoms with E-state index in [1.54, 1.807) is 4.68 Å². The van der Waals surface area contributed by atoms with Gasteiger partial charge in [0, 0.05) is 24.9 Å². The van der Waals surface area contributed by atoms with E-state index in [1.807, 2.05) is 25.2 Å². The van der Waals surface area contributed by atoms with Gasteiger partial charge in [0.05, 0.1) is 23.7 Å². The van der Waals surface area contributed by atoms with Crippen molar-refractivity contribution in [1.29, 1.82) is 0 Å². The second-order valence-electron chi connectivity index (χ2n) is 8.23. The number of piperidine rings is 2. The van der Waals surface area contributed by atoms with E-state index in [0.29, 0.717) is 19.4 Å². The standard InChI is InChI=1S/C22H30N4O3.ClH/c1-26-19-14-16(29-13-3-2-4-15-9-11-23-12-10-15)5-6-17(19)21(25-26)18-7-8-20(27)24-22(18)28;/h5-6,14-15,18,23H,2-4,7-13H2,1H3,(H,24,27,28);1H. The van der Waals surface area contributed by atoms with Crippen molar-refractivity contribution in [2.45, 2.75) is 50.9 Å². The normalized spacial score (nSPS) is 20.1. The van der Waals surface area contributed by atoms with E-state index >= 15 is 0 Å². The molecule has 1 atom stereocenters. The first kappa shape index (κ1) is 22.6. The van der Waals surface area contributed by atoms with E-state index < -0.39 is 0 Å². The number of carbonyl (C=O) groups is 2. The number of ether oxygens (including phenoxy) is 1. The molecule has 0 aliphatic carbocycles. The average molecular weight is 435 g/mol. The monoisotopic (exact) mass is 434 g/mol. The highest BCUT2D eigenvalue weighted by atomic mass is 35.5. The molecule has 1 unspecified atom stereocenters. The molecular formula is C22H31ClN4O3. The number of carbonyl (C=O) groups excluding carboxylic acids is 2.